The second-order valence-electron chi connectivity index (χ2n) is 7.93. The molecule has 0 spiro atoms. The van der Waals surface area contributed by atoms with Crippen molar-refractivity contribution in [1.82, 2.24) is 35.0 Å². The minimum atomic E-state index is -0.775. The first-order chi connectivity index (χ1) is 16.0. The molecule has 12 heteroatoms. The maximum absolute atomic E-state index is 13.0. The van der Waals surface area contributed by atoms with Crippen molar-refractivity contribution in [3.05, 3.63) is 41.5 Å². The van der Waals surface area contributed by atoms with Crippen molar-refractivity contribution in [3.8, 4) is 5.82 Å². The van der Waals surface area contributed by atoms with Crippen molar-refractivity contribution in [1.29, 1.82) is 0 Å². The second-order valence-corrected chi connectivity index (χ2v) is 7.93. The average Bonchev–Trinajstić information content (AvgIpc) is 3.46. The molecule has 0 saturated carbocycles. The SMILES string of the molecule is CC1=C(N2CCOCCCN(C[C@@H](O)c3ccc(-n4cnnn4)nc3)CCC2=O)COC1=O. The number of hydrogen-bond acceptors (Lipinski definition) is 10. The van der Waals surface area contributed by atoms with Gasteiger partial charge in [0.25, 0.3) is 0 Å². The average molecular weight is 457 g/mol. The molecule has 4 heterocycles. The fourth-order valence-corrected chi connectivity index (χ4v) is 3.84. The van der Waals surface area contributed by atoms with E-state index < -0.39 is 12.1 Å². The van der Waals surface area contributed by atoms with Gasteiger partial charge in [0.1, 0.15) is 12.9 Å². The van der Waals surface area contributed by atoms with Crippen LogP contribution in [0.1, 0.15) is 31.4 Å². The van der Waals surface area contributed by atoms with Crippen LogP contribution in [-0.4, -0.2) is 98.0 Å². The maximum Gasteiger partial charge on any atom is 0.336 e. The van der Waals surface area contributed by atoms with Crippen LogP contribution in [0.3, 0.4) is 0 Å². The molecule has 12 nitrogen and oxygen atoms in total. The molecule has 2 aromatic heterocycles. The van der Waals surface area contributed by atoms with Crippen molar-refractivity contribution >= 4 is 11.9 Å². The van der Waals surface area contributed by atoms with Crippen LogP contribution in [0.15, 0.2) is 35.9 Å². The van der Waals surface area contributed by atoms with Gasteiger partial charge in [0.2, 0.25) is 5.91 Å². The highest BCUT2D eigenvalue weighted by Gasteiger charge is 2.29. The third kappa shape index (κ3) is 5.59. The smallest absolute Gasteiger partial charge is 0.336 e. The second kappa shape index (κ2) is 10.6. The van der Waals surface area contributed by atoms with E-state index >= 15 is 0 Å². The normalized spacial score (nSPS) is 20.0. The molecule has 2 aromatic rings. The van der Waals surface area contributed by atoms with Gasteiger partial charge in [0.05, 0.1) is 24.0 Å². The Kier molecular flexibility index (Phi) is 7.37. The summed E-state index contributed by atoms with van der Waals surface area (Å²) in [5.74, 6) is 0.0607. The van der Waals surface area contributed by atoms with E-state index in [1.165, 1.54) is 11.0 Å². The third-order valence-electron chi connectivity index (χ3n) is 5.74. The Bertz CT molecular complexity index is 993. The molecule has 0 radical (unpaired) electrons. The van der Waals surface area contributed by atoms with Crippen LogP contribution in [0.2, 0.25) is 0 Å². The fraction of sp³-hybridized carbons (Fsp3) is 0.524. The van der Waals surface area contributed by atoms with Gasteiger partial charge >= 0.3 is 5.97 Å². The van der Waals surface area contributed by atoms with Gasteiger partial charge in [-0.1, -0.05) is 6.07 Å². The van der Waals surface area contributed by atoms with Gasteiger partial charge in [-0.2, -0.15) is 4.68 Å². The van der Waals surface area contributed by atoms with Crippen LogP contribution in [0, 0.1) is 0 Å². The molecule has 1 N–H and O–H groups in total. The van der Waals surface area contributed by atoms with Crippen molar-refractivity contribution in [3.63, 3.8) is 0 Å². The highest BCUT2D eigenvalue weighted by atomic mass is 16.5. The lowest BCUT2D eigenvalue weighted by molar-refractivity contribution is -0.136. The Balaban J connectivity index is 1.40. The van der Waals surface area contributed by atoms with Crippen molar-refractivity contribution in [2.75, 3.05) is 46.0 Å². The monoisotopic (exact) mass is 457 g/mol. The summed E-state index contributed by atoms with van der Waals surface area (Å²) in [6.07, 6.45) is 3.30. The Morgan fingerprint density at radius 3 is 2.76 bits per heavy atom. The Labute approximate surface area is 190 Å². The molecule has 1 saturated heterocycles. The Morgan fingerprint density at radius 1 is 1.18 bits per heavy atom. The van der Waals surface area contributed by atoms with Crippen molar-refractivity contribution in [2.24, 2.45) is 0 Å². The number of amides is 1. The van der Waals surface area contributed by atoms with E-state index in [4.69, 9.17) is 9.47 Å². The number of nitrogens with zero attached hydrogens (tertiary/aromatic N) is 7. The molecule has 176 valence electrons. The maximum atomic E-state index is 13.0. The number of aliphatic hydroxyl groups excluding tert-OH is 1. The number of rotatable bonds is 5. The summed E-state index contributed by atoms with van der Waals surface area (Å²) >= 11 is 0. The zero-order valence-electron chi connectivity index (χ0n) is 18.5. The van der Waals surface area contributed by atoms with Crippen LogP contribution in [0.25, 0.3) is 5.82 Å². The molecule has 4 rings (SSSR count). The van der Waals surface area contributed by atoms with E-state index in [2.05, 4.69) is 20.5 Å². The van der Waals surface area contributed by atoms with Gasteiger partial charge in [0, 0.05) is 51.0 Å². The molecular weight excluding hydrogens is 430 g/mol. The lowest BCUT2D eigenvalue weighted by atomic mass is 10.1. The number of esters is 1. The summed E-state index contributed by atoms with van der Waals surface area (Å²) < 4.78 is 12.2. The van der Waals surface area contributed by atoms with Gasteiger partial charge < -0.3 is 19.5 Å². The quantitative estimate of drug-likeness (QED) is 0.604. The standard InChI is InChI=1S/C21H27N7O5/c1-15-17(13-33-21(15)31)27-8-10-32-9-2-6-26(7-5-20(27)30)12-18(29)16-3-4-19(22-11-16)28-14-23-24-25-28/h3-4,11,14,18,29H,2,5-10,12-13H2,1H3/t18-/m1/s1. The molecule has 0 bridgehead atoms. The van der Waals surface area contributed by atoms with Crippen LogP contribution in [0.4, 0.5) is 0 Å². The van der Waals surface area contributed by atoms with E-state index in [0.717, 1.165) is 6.42 Å². The van der Waals surface area contributed by atoms with Crippen LogP contribution in [-0.2, 0) is 19.1 Å². The molecule has 1 amide bonds. The van der Waals surface area contributed by atoms with E-state index in [-0.39, 0.29) is 18.9 Å². The summed E-state index contributed by atoms with van der Waals surface area (Å²) in [6, 6.07) is 3.52. The van der Waals surface area contributed by atoms with Gasteiger partial charge in [-0.05, 0) is 29.8 Å². The van der Waals surface area contributed by atoms with Crippen LogP contribution >= 0.6 is 0 Å². The van der Waals surface area contributed by atoms with Crippen molar-refractivity contribution in [2.45, 2.75) is 25.9 Å². The van der Waals surface area contributed by atoms with E-state index in [9.17, 15) is 14.7 Å². The first kappa shape index (κ1) is 23.0. The largest absolute Gasteiger partial charge is 0.456 e. The lowest BCUT2D eigenvalue weighted by Gasteiger charge is -2.26. The number of aromatic nitrogens is 5. The first-order valence-electron chi connectivity index (χ1n) is 10.9. The van der Waals surface area contributed by atoms with E-state index in [1.807, 2.05) is 4.90 Å². The molecule has 1 fully saturated rings. The van der Waals surface area contributed by atoms with Crippen LogP contribution < -0.4 is 0 Å². The number of carbonyl (C=O) groups is 2. The zero-order chi connectivity index (χ0) is 23.2. The number of carbonyl (C=O) groups excluding carboxylic acids is 2. The molecule has 0 aliphatic carbocycles. The predicted octanol–water partition coefficient (Wildman–Crippen LogP) is -0.137. The number of ether oxygens (including phenoxy) is 2. The topological polar surface area (TPSA) is 136 Å². The van der Waals surface area contributed by atoms with Crippen LogP contribution in [0.5, 0.6) is 0 Å². The summed E-state index contributed by atoms with van der Waals surface area (Å²) in [5, 5.41) is 21.7. The first-order valence-corrected chi connectivity index (χ1v) is 10.9. The Morgan fingerprint density at radius 2 is 2.06 bits per heavy atom. The summed E-state index contributed by atoms with van der Waals surface area (Å²) in [4.78, 5) is 32.7. The number of hydrogen-bond donors (Lipinski definition) is 1. The molecule has 0 unspecified atom stereocenters. The zero-order valence-corrected chi connectivity index (χ0v) is 18.5. The number of cyclic esters (lactones) is 1. The molecule has 2 aliphatic heterocycles. The van der Waals surface area contributed by atoms with Gasteiger partial charge in [-0.3, -0.25) is 9.69 Å². The summed E-state index contributed by atoms with van der Waals surface area (Å²) in [5.41, 5.74) is 1.73. The van der Waals surface area contributed by atoms with E-state index in [1.54, 1.807) is 30.2 Å². The van der Waals surface area contributed by atoms with E-state index in [0.29, 0.717) is 62.0 Å². The minimum absolute atomic E-state index is 0.0971. The molecule has 33 heavy (non-hydrogen) atoms. The molecular formula is C21H27N7O5. The minimum Gasteiger partial charge on any atom is -0.456 e. The highest BCUT2D eigenvalue weighted by Crippen LogP contribution is 2.21. The lowest BCUT2D eigenvalue weighted by Crippen LogP contribution is -2.37. The van der Waals surface area contributed by atoms with Crippen molar-refractivity contribution < 1.29 is 24.2 Å². The number of tetrazole rings is 1. The van der Waals surface area contributed by atoms with Gasteiger partial charge in [-0.15, -0.1) is 5.10 Å². The molecule has 0 aromatic carbocycles. The number of aliphatic hydroxyl groups is 1. The fourth-order valence-electron chi connectivity index (χ4n) is 3.84. The Hall–Kier alpha value is -3.22. The summed E-state index contributed by atoms with van der Waals surface area (Å²) in [6.45, 7) is 4.60. The third-order valence-corrected chi connectivity index (χ3v) is 5.74. The highest BCUT2D eigenvalue weighted by molar-refractivity contribution is 5.92. The molecule has 2 aliphatic rings. The number of pyridine rings is 1. The van der Waals surface area contributed by atoms with Gasteiger partial charge in [-0.25, -0.2) is 9.78 Å². The van der Waals surface area contributed by atoms with Gasteiger partial charge in [0.15, 0.2) is 5.82 Å². The summed E-state index contributed by atoms with van der Waals surface area (Å²) in [7, 11) is 0. The molecule has 1 atom stereocenters. The predicted molar refractivity (Wildman–Crippen MR) is 114 cm³/mol. The number of β-amino-alcohol motifs (C(OH)–C–C–N with tert-alkyl or cyclic N) is 1.